The molecular formula is C24H18F3N5S. The minimum absolute atomic E-state index is 0.237. The molecule has 5 nitrogen and oxygen atoms in total. The van der Waals surface area contributed by atoms with Crippen molar-refractivity contribution < 1.29 is 13.2 Å². The fraction of sp³-hybridized carbons (Fsp3) is 0.0833. The Morgan fingerprint density at radius 3 is 2.58 bits per heavy atom. The highest BCUT2D eigenvalue weighted by atomic mass is 32.2. The molecular weight excluding hydrogens is 447 g/mol. The second-order valence-corrected chi connectivity index (χ2v) is 8.14. The van der Waals surface area contributed by atoms with Gasteiger partial charge in [-0.05, 0) is 41.5 Å². The van der Waals surface area contributed by atoms with Gasteiger partial charge in [-0.3, -0.25) is 4.68 Å². The molecule has 0 saturated carbocycles. The van der Waals surface area contributed by atoms with E-state index < -0.39 is 11.6 Å². The van der Waals surface area contributed by atoms with Crippen molar-refractivity contribution >= 4 is 28.7 Å². The molecule has 2 aromatic carbocycles. The van der Waals surface area contributed by atoms with Crippen LogP contribution in [0.2, 0.25) is 0 Å². The summed E-state index contributed by atoms with van der Waals surface area (Å²) in [5.41, 5.74) is 4.99. The van der Waals surface area contributed by atoms with Gasteiger partial charge in [0.2, 0.25) is 0 Å². The van der Waals surface area contributed by atoms with Gasteiger partial charge >= 0.3 is 0 Å². The van der Waals surface area contributed by atoms with E-state index in [0.29, 0.717) is 16.9 Å². The summed E-state index contributed by atoms with van der Waals surface area (Å²) >= 11 is 1.32. The Kier molecular flexibility index (Phi) is 5.55. The van der Waals surface area contributed by atoms with Crippen molar-refractivity contribution in [1.29, 1.82) is 0 Å². The summed E-state index contributed by atoms with van der Waals surface area (Å²) in [5.74, 6) is -1.57. The maximum Gasteiger partial charge on any atom is 0.147 e. The Bertz CT molecular complexity index is 1440. The predicted octanol–water partition coefficient (Wildman–Crippen LogP) is 6.25. The largest absolute Gasteiger partial charge is 0.346 e. The molecule has 33 heavy (non-hydrogen) atoms. The molecule has 0 aliphatic rings. The van der Waals surface area contributed by atoms with Crippen LogP contribution in [0, 0.1) is 17.5 Å². The first-order valence-electron chi connectivity index (χ1n) is 10.0. The first-order valence-corrected chi connectivity index (χ1v) is 11.3. The van der Waals surface area contributed by atoms with Crippen LogP contribution in [0.5, 0.6) is 0 Å². The topological polar surface area (TPSA) is 58.5 Å². The predicted molar refractivity (Wildman–Crippen MR) is 125 cm³/mol. The fourth-order valence-electron chi connectivity index (χ4n) is 3.77. The zero-order chi connectivity index (χ0) is 22.9. The highest BCUT2D eigenvalue weighted by Crippen LogP contribution is 2.32. The Morgan fingerprint density at radius 2 is 1.79 bits per heavy atom. The smallest absolute Gasteiger partial charge is 0.147 e. The molecule has 0 amide bonds. The molecule has 166 valence electrons. The Hall–Kier alpha value is -3.72. The summed E-state index contributed by atoms with van der Waals surface area (Å²) in [6.07, 6.45) is 8.92. The zero-order valence-corrected chi connectivity index (χ0v) is 18.3. The van der Waals surface area contributed by atoms with Crippen LogP contribution in [0.3, 0.4) is 0 Å². The summed E-state index contributed by atoms with van der Waals surface area (Å²) in [6, 6.07) is 10.3. The van der Waals surface area contributed by atoms with E-state index in [2.05, 4.69) is 19.8 Å². The SMILES string of the molecule is CSNc1cc(-c2cnc3[nH]cc(-c4cnn(Cc5cc(F)cc(F)c5)c4)c3c2)ccc1F. The number of H-pyrrole nitrogens is 1. The number of anilines is 1. The van der Waals surface area contributed by atoms with Gasteiger partial charge in [0.25, 0.3) is 0 Å². The maximum atomic E-state index is 14.0. The average Bonchev–Trinajstić information content (AvgIpc) is 3.41. The van der Waals surface area contributed by atoms with Gasteiger partial charge in [0.15, 0.2) is 0 Å². The second-order valence-electron chi connectivity index (χ2n) is 7.53. The van der Waals surface area contributed by atoms with Gasteiger partial charge < -0.3 is 9.71 Å². The van der Waals surface area contributed by atoms with Crippen LogP contribution in [-0.4, -0.2) is 26.0 Å². The molecule has 3 aromatic heterocycles. The van der Waals surface area contributed by atoms with Crippen molar-refractivity contribution in [3.05, 3.63) is 90.3 Å². The highest BCUT2D eigenvalue weighted by molar-refractivity contribution is 7.99. The second kappa shape index (κ2) is 8.67. The van der Waals surface area contributed by atoms with E-state index in [1.807, 2.05) is 24.7 Å². The van der Waals surface area contributed by atoms with Crippen LogP contribution in [-0.2, 0) is 6.54 Å². The average molecular weight is 466 g/mol. The molecule has 0 aliphatic heterocycles. The third-order valence-corrected chi connectivity index (χ3v) is 5.68. The number of pyridine rings is 1. The number of hydrogen-bond acceptors (Lipinski definition) is 4. The van der Waals surface area contributed by atoms with Gasteiger partial charge in [0, 0.05) is 53.0 Å². The molecule has 0 aliphatic carbocycles. The molecule has 9 heteroatoms. The number of benzene rings is 2. The van der Waals surface area contributed by atoms with E-state index in [9.17, 15) is 13.2 Å². The van der Waals surface area contributed by atoms with Crippen molar-refractivity contribution in [2.45, 2.75) is 6.54 Å². The zero-order valence-electron chi connectivity index (χ0n) is 17.4. The molecule has 0 fully saturated rings. The van der Waals surface area contributed by atoms with Crippen LogP contribution in [0.15, 0.2) is 67.3 Å². The third kappa shape index (κ3) is 4.31. The quantitative estimate of drug-likeness (QED) is 0.291. The number of aromatic amines is 1. The summed E-state index contributed by atoms with van der Waals surface area (Å²) < 4.78 is 45.6. The standard InChI is InChI=1S/C24H18F3N5S/c1-33-31-23-7-15(2-3-22(23)27)16-6-20-21(11-29-24(20)28-9-16)17-10-30-32(13-17)12-14-4-18(25)8-19(26)5-14/h2-11,13,31H,12H2,1H3,(H,28,29). The van der Waals surface area contributed by atoms with Gasteiger partial charge in [0.05, 0.1) is 18.4 Å². The van der Waals surface area contributed by atoms with E-state index in [4.69, 9.17) is 0 Å². The lowest BCUT2D eigenvalue weighted by Gasteiger charge is -2.08. The molecule has 0 atom stereocenters. The van der Waals surface area contributed by atoms with Crippen LogP contribution in [0.1, 0.15) is 5.56 Å². The molecule has 5 aromatic rings. The third-order valence-electron chi connectivity index (χ3n) is 5.25. The van der Waals surface area contributed by atoms with Gasteiger partial charge in [-0.25, -0.2) is 18.2 Å². The van der Waals surface area contributed by atoms with Crippen molar-refractivity contribution in [2.24, 2.45) is 0 Å². The van der Waals surface area contributed by atoms with Gasteiger partial charge in [-0.2, -0.15) is 5.10 Å². The van der Waals surface area contributed by atoms with E-state index in [1.54, 1.807) is 29.2 Å². The number of aromatic nitrogens is 4. The van der Waals surface area contributed by atoms with Gasteiger partial charge in [0.1, 0.15) is 23.1 Å². The van der Waals surface area contributed by atoms with E-state index in [-0.39, 0.29) is 12.4 Å². The van der Waals surface area contributed by atoms with Crippen LogP contribution in [0.4, 0.5) is 18.9 Å². The maximum absolute atomic E-state index is 14.0. The Morgan fingerprint density at radius 1 is 0.970 bits per heavy atom. The van der Waals surface area contributed by atoms with Crippen molar-refractivity contribution in [2.75, 3.05) is 11.0 Å². The molecule has 0 radical (unpaired) electrons. The lowest BCUT2D eigenvalue weighted by molar-refractivity contribution is 0.574. The molecule has 0 spiro atoms. The molecule has 2 N–H and O–H groups in total. The van der Waals surface area contributed by atoms with Crippen LogP contribution in [0.25, 0.3) is 33.3 Å². The fourth-order valence-corrected chi connectivity index (χ4v) is 4.15. The number of nitrogens with zero attached hydrogens (tertiary/aromatic N) is 3. The number of rotatable bonds is 6. The van der Waals surface area contributed by atoms with Gasteiger partial charge in [-0.1, -0.05) is 18.0 Å². The van der Waals surface area contributed by atoms with Crippen molar-refractivity contribution in [3.63, 3.8) is 0 Å². The Labute approximate surface area is 191 Å². The van der Waals surface area contributed by atoms with Gasteiger partial charge in [-0.15, -0.1) is 0 Å². The number of hydrogen-bond donors (Lipinski definition) is 2. The van der Waals surface area contributed by atoms with Crippen molar-refractivity contribution in [3.8, 4) is 22.3 Å². The number of nitrogens with one attached hydrogen (secondary N) is 2. The monoisotopic (exact) mass is 465 g/mol. The molecule has 5 rings (SSSR count). The van der Waals surface area contributed by atoms with E-state index in [1.165, 1.54) is 30.1 Å². The summed E-state index contributed by atoms with van der Waals surface area (Å²) in [6.45, 7) is 0.237. The van der Waals surface area contributed by atoms with Crippen LogP contribution >= 0.6 is 11.9 Å². The number of halogens is 3. The summed E-state index contributed by atoms with van der Waals surface area (Å²) in [5, 5.41) is 5.22. The Balaban J connectivity index is 1.48. The summed E-state index contributed by atoms with van der Waals surface area (Å²) in [4.78, 5) is 7.67. The lowest BCUT2D eigenvalue weighted by atomic mass is 10.0. The first kappa shape index (κ1) is 21.1. The summed E-state index contributed by atoms with van der Waals surface area (Å²) in [7, 11) is 0. The minimum Gasteiger partial charge on any atom is -0.346 e. The van der Waals surface area contributed by atoms with Crippen LogP contribution < -0.4 is 4.72 Å². The van der Waals surface area contributed by atoms with Crippen molar-refractivity contribution in [1.82, 2.24) is 19.7 Å². The molecule has 0 bridgehead atoms. The molecule has 0 unspecified atom stereocenters. The minimum atomic E-state index is -0.621. The van der Waals surface area contributed by atoms with E-state index >= 15 is 0 Å². The molecule has 3 heterocycles. The first-order chi connectivity index (χ1) is 16.0. The van der Waals surface area contributed by atoms with E-state index in [0.717, 1.165) is 33.7 Å². The lowest BCUT2D eigenvalue weighted by Crippen LogP contribution is -2.00. The normalized spacial score (nSPS) is 11.3. The molecule has 0 saturated heterocycles. The number of fused-ring (bicyclic) bond motifs is 1. The highest BCUT2D eigenvalue weighted by Gasteiger charge is 2.13.